The Hall–Kier alpha value is -1.94. The fourth-order valence-corrected chi connectivity index (χ4v) is 3.41. The molecule has 9 nitrogen and oxygen atoms in total. The lowest BCUT2D eigenvalue weighted by Gasteiger charge is -2.41. The number of β-lactam (4-membered cyclic amide) rings is 1. The van der Waals surface area contributed by atoms with Crippen LogP contribution in [0.1, 0.15) is 6.42 Å². The number of amides is 2. The summed E-state index contributed by atoms with van der Waals surface area (Å²) in [5, 5.41) is 17.2. The average Bonchev–Trinajstić information content (AvgIpc) is 2.67. The van der Waals surface area contributed by atoms with Crippen molar-refractivity contribution in [2.24, 2.45) is 11.7 Å². The lowest BCUT2D eigenvalue weighted by molar-refractivity contribution is -0.150. The lowest BCUT2D eigenvalue weighted by Crippen LogP contribution is -2.56. The molecular formula is C10H12N2O7S. The highest BCUT2D eigenvalue weighted by Crippen LogP contribution is 2.50. The Kier molecular flexibility index (Phi) is 4.04. The normalized spacial score (nSPS) is 24.2. The molecule has 110 valence electrons. The van der Waals surface area contributed by atoms with Crippen LogP contribution in [0, 0.1) is 5.92 Å². The molecule has 0 saturated carbocycles. The minimum absolute atomic E-state index is 0.149. The molecule has 2 rings (SSSR count). The third kappa shape index (κ3) is 2.51. The summed E-state index contributed by atoms with van der Waals surface area (Å²) in [7, 11) is 0. The largest absolute Gasteiger partial charge is 0.512 e. The number of carbonyl (C=O) groups excluding carboxylic acids is 2. The molecule has 0 unspecified atom stereocenters. The van der Waals surface area contributed by atoms with Crippen LogP contribution in [0.3, 0.4) is 0 Å². The van der Waals surface area contributed by atoms with Gasteiger partial charge in [0, 0.05) is 6.61 Å². The molecule has 2 aliphatic heterocycles. The van der Waals surface area contributed by atoms with Gasteiger partial charge in [-0.2, -0.15) is 0 Å². The van der Waals surface area contributed by atoms with Crippen molar-refractivity contribution in [1.82, 2.24) is 4.90 Å². The first-order valence-electron chi connectivity index (χ1n) is 5.62. The standard InChI is InChI=1S/C10H12N2O7S/c11-9(15)18-3-5-7(19-10(16)17)12-6(14)4(1-2-13)8(12)20-5/h4,8,13H,1-3H2,(H2,11,15)(H,16,17)/t4-,8+/m0/s1. The molecule has 20 heavy (non-hydrogen) atoms. The van der Waals surface area contributed by atoms with Crippen LogP contribution >= 0.6 is 11.8 Å². The van der Waals surface area contributed by atoms with Crippen LogP contribution in [0.5, 0.6) is 0 Å². The number of aliphatic hydroxyl groups is 1. The predicted molar refractivity (Wildman–Crippen MR) is 65.1 cm³/mol. The van der Waals surface area contributed by atoms with Gasteiger partial charge in [-0.05, 0) is 6.42 Å². The van der Waals surface area contributed by atoms with Crippen molar-refractivity contribution < 1.29 is 34.1 Å². The monoisotopic (exact) mass is 304 g/mol. The summed E-state index contributed by atoms with van der Waals surface area (Å²) >= 11 is 1.16. The second-order valence-electron chi connectivity index (χ2n) is 4.04. The van der Waals surface area contributed by atoms with Crippen LogP contribution < -0.4 is 5.73 Å². The first-order chi connectivity index (χ1) is 9.45. The van der Waals surface area contributed by atoms with E-state index in [0.717, 1.165) is 11.8 Å². The summed E-state index contributed by atoms with van der Waals surface area (Å²) in [6, 6.07) is 0. The molecule has 1 fully saturated rings. The highest BCUT2D eigenvalue weighted by molar-refractivity contribution is 8.04. The average molecular weight is 304 g/mol. The molecule has 0 aliphatic carbocycles. The molecule has 0 aromatic heterocycles. The van der Waals surface area contributed by atoms with Gasteiger partial charge in [0.25, 0.3) is 0 Å². The zero-order chi connectivity index (χ0) is 14.9. The van der Waals surface area contributed by atoms with Crippen molar-refractivity contribution in [3.8, 4) is 0 Å². The number of aliphatic hydroxyl groups excluding tert-OH is 1. The summed E-state index contributed by atoms with van der Waals surface area (Å²) in [4.78, 5) is 34.6. The van der Waals surface area contributed by atoms with Crippen LogP contribution in [0.2, 0.25) is 0 Å². The fraction of sp³-hybridized carbons (Fsp3) is 0.500. The van der Waals surface area contributed by atoms with Crippen molar-refractivity contribution in [2.75, 3.05) is 13.2 Å². The van der Waals surface area contributed by atoms with Gasteiger partial charge < -0.3 is 25.4 Å². The Labute approximate surface area is 117 Å². The van der Waals surface area contributed by atoms with Gasteiger partial charge in [0.1, 0.15) is 12.0 Å². The lowest BCUT2D eigenvalue weighted by atomic mass is 9.95. The number of primary amides is 1. The first-order valence-corrected chi connectivity index (χ1v) is 6.50. The smallest absolute Gasteiger partial charge is 0.449 e. The number of rotatable bonds is 5. The van der Waals surface area contributed by atoms with Gasteiger partial charge >= 0.3 is 12.2 Å². The Morgan fingerprint density at radius 2 is 2.15 bits per heavy atom. The molecule has 0 aromatic carbocycles. The molecular weight excluding hydrogens is 292 g/mol. The van der Waals surface area contributed by atoms with E-state index in [-0.39, 0.29) is 36.8 Å². The van der Waals surface area contributed by atoms with E-state index < -0.39 is 18.2 Å². The first kappa shape index (κ1) is 14.5. The van der Waals surface area contributed by atoms with Gasteiger partial charge in [-0.3, -0.25) is 9.69 Å². The quantitative estimate of drug-likeness (QED) is 0.471. The fourth-order valence-electron chi connectivity index (χ4n) is 2.03. The number of hydrogen-bond donors (Lipinski definition) is 3. The van der Waals surface area contributed by atoms with E-state index in [0.29, 0.717) is 4.91 Å². The molecule has 0 radical (unpaired) electrons. The van der Waals surface area contributed by atoms with E-state index in [1.165, 1.54) is 4.90 Å². The number of thioether (sulfide) groups is 1. The molecule has 0 spiro atoms. The van der Waals surface area contributed by atoms with Crippen LogP contribution in [0.15, 0.2) is 10.8 Å². The Morgan fingerprint density at radius 3 is 2.70 bits per heavy atom. The van der Waals surface area contributed by atoms with E-state index in [4.69, 9.17) is 15.9 Å². The Balaban J connectivity index is 2.14. The van der Waals surface area contributed by atoms with E-state index in [1.54, 1.807) is 0 Å². The van der Waals surface area contributed by atoms with Crippen molar-refractivity contribution in [3.63, 3.8) is 0 Å². The Bertz CT molecular complexity index is 492. The van der Waals surface area contributed by atoms with Crippen LogP contribution in [0.25, 0.3) is 0 Å². The van der Waals surface area contributed by atoms with Crippen molar-refractivity contribution in [1.29, 1.82) is 0 Å². The number of nitrogens with two attached hydrogens (primary N) is 1. The van der Waals surface area contributed by atoms with Crippen molar-refractivity contribution in [2.45, 2.75) is 11.8 Å². The number of nitrogens with zero attached hydrogens (tertiary/aromatic N) is 1. The summed E-state index contributed by atoms with van der Waals surface area (Å²) in [6.45, 7) is -0.418. The zero-order valence-corrected chi connectivity index (χ0v) is 11.0. The minimum atomic E-state index is -1.57. The highest BCUT2D eigenvalue weighted by atomic mass is 32.2. The molecule has 2 heterocycles. The topological polar surface area (TPSA) is 139 Å². The van der Waals surface area contributed by atoms with E-state index >= 15 is 0 Å². The van der Waals surface area contributed by atoms with E-state index in [2.05, 4.69) is 9.47 Å². The SMILES string of the molecule is NC(=O)OCC1=C(OC(=O)O)N2C(=O)[C@H](CCO)[C@H]2S1. The van der Waals surface area contributed by atoms with Gasteiger partial charge in [-0.1, -0.05) is 11.8 Å². The molecule has 10 heteroatoms. The van der Waals surface area contributed by atoms with Gasteiger partial charge in [-0.25, -0.2) is 9.59 Å². The summed E-state index contributed by atoms with van der Waals surface area (Å²) in [5.41, 5.74) is 4.84. The minimum Gasteiger partial charge on any atom is -0.449 e. The highest BCUT2D eigenvalue weighted by Gasteiger charge is 2.55. The molecule has 1 saturated heterocycles. The number of ether oxygens (including phenoxy) is 2. The van der Waals surface area contributed by atoms with Crippen molar-refractivity contribution >= 4 is 29.9 Å². The van der Waals surface area contributed by atoms with Crippen LogP contribution in [-0.4, -0.2) is 51.9 Å². The molecule has 0 aromatic rings. The number of hydrogen-bond acceptors (Lipinski definition) is 7. The van der Waals surface area contributed by atoms with Crippen molar-refractivity contribution in [3.05, 3.63) is 10.8 Å². The number of fused-ring (bicyclic) bond motifs is 1. The second kappa shape index (κ2) is 5.59. The van der Waals surface area contributed by atoms with Gasteiger partial charge in [-0.15, -0.1) is 0 Å². The summed E-state index contributed by atoms with van der Waals surface area (Å²) < 4.78 is 9.17. The van der Waals surface area contributed by atoms with Gasteiger partial charge in [0.15, 0.2) is 0 Å². The van der Waals surface area contributed by atoms with Crippen LogP contribution in [-0.2, 0) is 14.3 Å². The summed E-state index contributed by atoms with van der Waals surface area (Å²) in [5.74, 6) is -0.904. The Morgan fingerprint density at radius 1 is 1.45 bits per heavy atom. The molecule has 2 atom stereocenters. The number of carbonyl (C=O) groups is 3. The zero-order valence-electron chi connectivity index (χ0n) is 10.1. The predicted octanol–water partition coefficient (Wildman–Crippen LogP) is -0.141. The maximum atomic E-state index is 11.9. The molecule has 2 amide bonds. The van der Waals surface area contributed by atoms with Gasteiger partial charge in [0.05, 0.1) is 10.8 Å². The third-order valence-electron chi connectivity index (χ3n) is 2.84. The molecule has 2 aliphatic rings. The van der Waals surface area contributed by atoms with Gasteiger partial charge in [0.2, 0.25) is 11.8 Å². The molecule has 0 bridgehead atoms. The summed E-state index contributed by atoms with van der Waals surface area (Å²) in [6.07, 6.45) is -2.31. The number of carboxylic acid groups (broad SMARTS) is 1. The third-order valence-corrected chi connectivity index (χ3v) is 4.20. The molecule has 4 N–H and O–H groups in total. The van der Waals surface area contributed by atoms with Crippen LogP contribution in [0.4, 0.5) is 9.59 Å². The van der Waals surface area contributed by atoms with E-state index in [9.17, 15) is 14.4 Å². The maximum absolute atomic E-state index is 11.9. The van der Waals surface area contributed by atoms with E-state index in [1.807, 2.05) is 0 Å². The second-order valence-corrected chi connectivity index (χ2v) is 5.25. The maximum Gasteiger partial charge on any atom is 0.512 e.